The predicted molar refractivity (Wildman–Crippen MR) is 64.3 cm³/mol. The van der Waals surface area contributed by atoms with Crippen LogP contribution < -0.4 is 16.6 Å². The Kier molecular flexibility index (Phi) is 2.82. The van der Waals surface area contributed by atoms with E-state index in [4.69, 9.17) is 10.6 Å². The molecular formula is C11H17N5O. The molecule has 92 valence electrons. The molecule has 0 radical (unpaired) electrons. The Morgan fingerprint density at radius 1 is 1.24 bits per heavy atom. The van der Waals surface area contributed by atoms with Gasteiger partial charge in [0.15, 0.2) is 5.82 Å². The third kappa shape index (κ3) is 2.32. The molecule has 1 saturated carbocycles. The third-order valence-electron chi connectivity index (χ3n) is 3.34. The Morgan fingerprint density at radius 2 is 2.06 bits per heavy atom. The first-order valence-corrected chi connectivity index (χ1v) is 6.03. The summed E-state index contributed by atoms with van der Waals surface area (Å²) in [4.78, 5) is 8.38. The normalized spacial score (nSPS) is 28.1. The van der Waals surface area contributed by atoms with E-state index in [0.29, 0.717) is 18.0 Å². The van der Waals surface area contributed by atoms with Gasteiger partial charge < -0.3 is 15.5 Å². The lowest BCUT2D eigenvalue weighted by Gasteiger charge is -2.19. The number of nitrogen functional groups attached to an aromatic ring is 1. The molecule has 0 aromatic carbocycles. The number of hydrazine groups is 1. The zero-order chi connectivity index (χ0) is 11.7. The van der Waals surface area contributed by atoms with Crippen LogP contribution in [0.15, 0.2) is 12.4 Å². The number of rotatable bonds is 4. The maximum absolute atomic E-state index is 5.77. The molecule has 2 aliphatic rings. The fourth-order valence-corrected chi connectivity index (χ4v) is 2.35. The van der Waals surface area contributed by atoms with Gasteiger partial charge >= 0.3 is 0 Å². The number of nitrogens with one attached hydrogen (secondary N) is 2. The maximum atomic E-state index is 5.77. The number of aromatic nitrogens is 2. The van der Waals surface area contributed by atoms with Gasteiger partial charge in [-0.05, 0) is 25.2 Å². The summed E-state index contributed by atoms with van der Waals surface area (Å²) in [5.74, 6) is 7.36. The lowest BCUT2D eigenvalue weighted by molar-refractivity contribution is 0.0898. The molecule has 0 spiro atoms. The molecule has 2 atom stereocenters. The Labute approximate surface area is 99.9 Å². The zero-order valence-electron chi connectivity index (χ0n) is 9.60. The van der Waals surface area contributed by atoms with Crippen LogP contribution in [-0.2, 0) is 4.74 Å². The van der Waals surface area contributed by atoms with Gasteiger partial charge in [-0.3, -0.25) is 4.98 Å². The van der Waals surface area contributed by atoms with Crippen LogP contribution >= 0.6 is 0 Å². The number of nitrogens with zero attached hydrogens (tertiary/aromatic N) is 2. The molecule has 1 aromatic rings. The second kappa shape index (κ2) is 4.46. The van der Waals surface area contributed by atoms with Crippen molar-refractivity contribution in [2.45, 2.75) is 31.4 Å². The van der Waals surface area contributed by atoms with E-state index in [0.717, 1.165) is 24.8 Å². The van der Waals surface area contributed by atoms with Crippen molar-refractivity contribution in [2.75, 3.05) is 17.3 Å². The van der Waals surface area contributed by atoms with Crippen molar-refractivity contribution in [2.24, 2.45) is 11.8 Å². The van der Waals surface area contributed by atoms with E-state index in [2.05, 4.69) is 20.7 Å². The molecule has 4 N–H and O–H groups in total. The molecule has 1 aromatic heterocycles. The standard InChI is InChI=1S/C11H17N5O/c12-16-10-6-13-5-9(15-10)14-8-3-4-17-11(8)7-1-2-7/h5-8,11H,1-4,12H2,(H2,14,15,16). The first-order valence-electron chi connectivity index (χ1n) is 6.03. The summed E-state index contributed by atoms with van der Waals surface area (Å²) in [6.07, 6.45) is 7.25. The Morgan fingerprint density at radius 3 is 2.82 bits per heavy atom. The summed E-state index contributed by atoms with van der Waals surface area (Å²) >= 11 is 0. The van der Waals surface area contributed by atoms with Gasteiger partial charge in [0.05, 0.1) is 24.5 Å². The summed E-state index contributed by atoms with van der Waals surface area (Å²) < 4.78 is 5.77. The van der Waals surface area contributed by atoms with Crippen molar-refractivity contribution in [3.8, 4) is 0 Å². The molecule has 0 amide bonds. The van der Waals surface area contributed by atoms with Gasteiger partial charge in [-0.15, -0.1) is 0 Å². The average molecular weight is 235 g/mol. The third-order valence-corrected chi connectivity index (χ3v) is 3.34. The highest BCUT2D eigenvalue weighted by Gasteiger charge is 2.40. The highest BCUT2D eigenvalue weighted by Crippen LogP contribution is 2.39. The first kappa shape index (κ1) is 10.7. The minimum atomic E-state index is 0.339. The zero-order valence-corrected chi connectivity index (χ0v) is 9.60. The molecule has 2 heterocycles. The minimum Gasteiger partial charge on any atom is -0.376 e. The number of hydrogen-bond acceptors (Lipinski definition) is 6. The van der Waals surface area contributed by atoms with Gasteiger partial charge in [-0.2, -0.15) is 0 Å². The van der Waals surface area contributed by atoms with Crippen molar-refractivity contribution in [3.63, 3.8) is 0 Å². The average Bonchev–Trinajstić information content (AvgIpc) is 3.11. The topological polar surface area (TPSA) is 85.1 Å². The van der Waals surface area contributed by atoms with Crippen LogP contribution in [0.3, 0.4) is 0 Å². The molecule has 0 bridgehead atoms. The van der Waals surface area contributed by atoms with Crippen molar-refractivity contribution < 1.29 is 4.74 Å². The van der Waals surface area contributed by atoms with Gasteiger partial charge in [0, 0.05) is 6.61 Å². The molecule has 2 unspecified atom stereocenters. The van der Waals surface area contributed by atoms with E-state index in [-0.39, 0.29) is 0 Å². The van der Waals surface area contributed by atoms with E-state index >= 15 is 0 Å². The molecule has 6 nitrogen and oxygen atoms in total. The quantitative estimate of drug-likeness (QED) is 0.527. The molecule has 1 aliphatic heterocycles. The van der Waals surface area contributed by atoms with Crippen molar-refractivity contribution >= 4 is 11.6 Å². The summed E-state index contributed by atoms with van der Waals surface area (Å²) in [5.41, 5.74) is 2.49. The van der Waals surface area contributed by atoms with E-state index in [9.17, 15) is 0 Å². The monoisotopic (exact) mass is 235 g/mol. The van der Waals surface area contributed by atoms with Crippen LogP contribution in [0.1, 0.15) is 19.3 Å². The maximum Gasteiger partial charge on any atom is 0.160 e. The number of anilines is 2. The van der Waals surface area contributed by atoms with Crippen molar-refractivity contribution in [1.29, 1.82) is 0 Å². The second-order valence-corrected chi connectivity index (χ2v) is 4.65. The molecule has 6 heteroatoms. The highest BCUT2D eigenvalue weighted by molar-refractivity contribution is 5.41. The Balaban J connectivity index is 1.68. The Bertz CT molecular complexity index is 395. The molecule has 1 saturated heterocycles. The van der Waals surface area contributed by atoms with E-state index in [1.807, 2.05) is 0 Å². The summed E-state index contributed by atoms with van der Waals surface area (Å²) in [6, 6.07) is 0.352. The molecular weight excluding hydrogens is 218 g/mol. The van der Waals surface area contributed by atoms with Crippen LogP contribution in [0.4, 0.5) is 11.6 Å². The van der Waals surface area contributed by atoms with Gasteiger partial charge in [0.2, 0.25) is 0 Å². The predicted octanol–water partition coefficient (Wildman–Crippen LogP) is 0.742. The van der Waals surface area contributed by atoms with Crippen LogP contribution in [0.2, 0.25) is 0 Å². The molecule has 17 heavy (non-hydrogen) atoms. The van der Waals surface area contributed by atoms with Gasteiger partial charge in [-0.25, -0.2) is 10.8 Å². The summed E-state index contributed by atoms with van der Waals surface area (Å²) in [7, 11) is 0. The summed E-state index contributed by atoms with van der Waals surface area (Å²) in [6.45, 7) is 0.834. The van der Waals surface area contributed by atoms with Crippen molar-refractivity contribution in [3.05, 3.63) is 12.4 Å². The highest BCUT2D eigenvalue weighted by atomic mass is 16.5. The lowest BCUT2D eigenvalue weighted by atomic mass is 10.1. The van der Waals surface area contributed by atoms with Crippen LogP contribution in [-0.4, -0.2) is 28.7 Å². The number of nitrogens with two attached hydrogens (primary N) is 1. The fraction of sp³-hybridized carbons (Fsp3) is 0.636. The molecule has 1 aliphatic carbocycles. The Hall–Kier alpha value is -1.40. The van der Waals surface area contributed by atoms with Crippen molar-refractivity contribution in [1.82, 2.24) is 9.97 Å². The van der Waals surface area contributed by atoms with Crippen LogP contribution in [0, 0.1) is 5.92 Å². The number of ether oxygens (including phenoxy) is 1. The fourth-order valence-electron chi connectivity index (χ4n) is 2.35. The van der Waals surface area contributed by atoms with E-state index in [1.54, 1.807) is 12.4 Å². The molecule has 3 rings (SSSR count). The SMILES string of the molecule is NNc1cncc(NC2CCOC2C2CC2)n1. The van der Waals surface area contributed by atoms with Crippen LogP contribution in [0.5, 0.6) is 0 Å². The minimum absolute atomic E-state index is 0.339. The van der Waals surface area contributed by atoms with E-state index in [1.165, 1.54) is 12.8 Å². The first-order chi connectivity index (χ1) is 8.36. The molecule has 2 fully saturated rings. The smallest absolute Gasteiger partial charge is 0.160 e. The van der Waals surface area contributed by atoms with Crippen LogP contribution in [0.25, 0.3) is 0 Å². The lowest BCUT2D eigenvalue weighted by Crippen LogP contribution is -2.31. The van der Waals surface area contributed by atoms with Gasteiger partial charge in [-0.1, -0.05) is 0 Å². The van der Waals surface area contributed by atoms with Gasteiger partial charge in [0.25, 0.3) is 0 Å². The largest absolute Gasteiger partial charge is 0.376 e. The van der Waals surface area contributed by atoms with Gasteiger partial charge in [0.1, 0.15) is 5.82 Å². The van der Waals surface area contributed by atoms with E-state index < -0.39 is 0 Å². The number of hydrogen-bond donors (Lipinski definition) is 3. The summed E-state index contributed by atoms with van der Waals surface area (Å²) in [5, 5.41) is 3.39. The second-order valence-electron chi connectivity index (χ2n) is 4.65.